The van der Waals surface area contributed by atoms with Gasteiger partial charge in [-0.1, -0.05) is 6.07 Å². The maximum absolute atomic E-state index is 12.4. The zero-order valence-electron chi connectivity index (χ0n) is 11.1. The van der Waals surface area contributed by atoms with Gasteiger partial charge in [-0.25, -0.2) is 8.42 Å². The maximum Gasteiger partial charge on any atom is 0.263 e. The van der Waals surface area contributed by atoms with Crippen molar-refractivity contribution in [2.75, 3.05) is 4.72 Å². The summed E-state index contributed by atoms with van der Waals surface area (Å²) in [7, 11) is -1.94. The molecule has 0 unspecified atom stereocenters. The lowest BCUT2D eigenvalue weighted by Crippen LogP contribution is -2.14. The molecule has 0 amide bonds. The largest absolute Gasteiger partial charge is 0.326 e. The van der Waals surface area contributed by atoms with E-state index in [1.807, 2.05) is 0 Å². The summed E-state index contributed by atoms with van der Waals surface area (Å²) < 4.78 is 29.3. The van der Waals surface area contributed by atoms with Gasteiger partial charge in [0.25, 0.3) is 10.0 Å². The fourth-order valence-corrected chi connectivity index (χ4v) is 4.02. The minimum Gasteiger partial charge on any atom is -0.326 e. The Balaban J connectivity index is 2.38. The molecule has 8 heteroatoms. The number of nitrogens with two attached hydrogens (primary N) is 1. The van der Waals surface area contributed by atoms with Crippen LogP contribution in [-0.2, 0) is 23.6 Å². The van der Waals surface area contributed by atoms with E-state index in [0.29, 0.717) is 22.4 Å². The number of sulfonamides is 1. The Morgan fingerprint density at radius 3 is 2.65 bits per heavy atom. The normalized spacial score (nSPS) is 11.6. The summed E-state index contributed by atoms with van der Waals surface area (Å²) in [4.78, 5) is 0.165. The molecule has 0 atom stereocenters. The third kappa shape index (κ3) is 3.02. The van der Waals surface area contributed by atoms with Crippen LogP contribution in [-0.4, -0.2) is 18.2 Å². The minimum atomic E-state index is -3.67. The van der Waals surface area contributed by atoms with Gasteiger partial charge in [-0.2, -0.15) is 5.10 Å². The summed E-state index contributed by atoms with van der Waals surface area (Å²) in [5.74, 6) is 0. The standard InChI is InChI=1S/C12H15BrN4O2S/c1-8-11(7-17(2)15-8)16-20(18,19)12-4-3-9(6-14)5-10(12)13/h3-5,7,16H,6,14H2,1-2H3. The highest BCUT2D eigenvalue weighted by atomic mass is 79.9. The molecule has 6 nitrogen and oxygen atoms in total. The topological polar surface area (TPSA) is 90.0 Å². The second kappa shape index (κ2) is 5.55. The number of halogens is 1. The zero-order chi connectivity index (χ0) is 14.9. The maximum atomic E-state index is 12.4. The Morgan fingerprint density at radius 2 is 2.15 bits per heavy atom. The lowest BCUT2D eigenvalue weighted by Gasteiger charge is -2.09. The molecular weight excluding hydrogens is 344 g/mol. The summed E-state index contributed by atoms with van der Waals surface area (Å²) in [5, 5.41) is 4.10. The lowest BCUT2D eigenvalue weighted by molar-refractivity contribution is 0.600. The summed E-state index contributed by atoms with van der Waals surface area (Å²) >= 11 is 3.27. The highest BCUT2D eigenvalue weighted by Crippen LogP contribution is 2.26. The summed E-state index contributed by atoms with van der Waals surface area (Å²) in [5.41, 5.74) is 7.46. The Labute approximate surface area is 126 Å². The van der Waals surface area contributed by atoms with Gasteiger partial charge >= 0.3 is 0 Å². The number of nitrogens with zero attached hydrogens (tertiary/aromatic N) is 2. The van der Waals surface area contributed by atoms with Crippen LogP contribution in [0.5, 0.6) is 0 Å². The molecule has 1 heterocycles. The van der Waals surface area contributed by atoms with E-state index in [1.54, 1.807) is 37.0 Å². The van der Waals surface area contributed by atoms with Crippen LogP contribution in [0.3, 0.4) is 0 Å². The molecular formula is C12H15BrN4O2S. The van der Waals surface area contributed by atoms with Crippen molar-refractivity contribution in [1.82, 2.24) is 9.78 Å². The SMILES string of the molecule is Cc1nn(C)cc1NS(=O)(=O)c1ccc(CN)cc1Br. The van der Waals surface area contributed by atoms with Crippen molar-refractivity contribution in [2.24, 2.45) is 12.8 Å². The molecule has 0 fully saturated rings. The van der Waals surface area contributed by atoms with Crippen LogP contribution in [0.15, 0.2) is 33.8 Å². The molecule has 20 heavy (non-hydrogen) atoms. The van der Waals surface area contributed by atoms with E-state index in [0.717, 1.165) is 5.56 Å². The molecule has 0 aliphatic heterocycles. The zero-order valence-corrected chi connectivity index (χ0v) is 13.5. The highest BCUT2D eigenvalue weighted by Gasteiger charge is 2.19. The average molecular weight is 359 g/mol. The van der Waals surface area contributed by atoms with Gasteiger partial charge in [-0.15, -0.1) is 0 Å². The van der Waals surface area contributed by atoms with Crippen molar-refractivity contribution in [3.8, 4) is 0 Å². The van der Waals surface area contributed by atoms with E-state index < -0.39 is 10.0 Å². The van der Waals surface area contributed by atoms with E-state index in [1.165, 1.54) is 6.07 Å². The van der Waals surface area contributed by atoms with Crippen LogP contribution >= 0.6 is 15.9 Å². The molecule has 0 saturated carbocycles. The molecule has 0 aliphatic carbocycles. The molecule has 1 aromatic heterocycles. The van der Waals surface area contributed by atoms with Crippen LogP contribution in [0, 0.1) is 6.92 Å². The minimum absolute atomic E-state index is 0.165. The van der Waals surface area contributed by atoms with Gasteiger partial charge in [-0.05, 0) is 40.5 Å². The first-order valence-corrected chi connectivity index (χ1v) is 8.12. The first-order valence-electron chi connectivity index (χ1n) is 5.85. The quantitative estimate of drug-likeness (QED) is 0.870. The Hall–Kier alpha value is -1.38. The number of nitrogens with one attached hydrogen (secondary N) is 1. The van der Waals surface area contributed by atoms with E-state index in [9.17, 15) is 8.42 Å². The summed E-state index contributed by atoms with van der Waals surface area (Å²) in [6.07, 6.45) is 1.62. The van der Waals surface area contributed by atoms with Gasteiger partial charge in [0, 0.05) is 24.3 Å². The Morgan fingerprint density at radius 1 is 1.45 bits per heavy atom. The fraction of sp³-hybridized carbons (Fsp3) is 0.250. The third-order valence-corrected chi connectivity index (χ3v) is 5.12. The molecule has 0 bridgehead atoms. The molecule has 0 radical (unpaired) electrons. The van der Waals surface area contributed by atoms with Crippen molar-refractivity contribution >= 4 is 31.6 Å². The van der Waals surface area contributed by atoms with Crippen molar-refractivity contribution in [1.29, 1.82) is 0 Å². The van der Waals surface area contributed by atoms with Gasteiger partial charge in [-0.3, -0.25) is 9.40 Å². The fourth-order valence-electron chi connectivity index (χ4n) is 1.79. The number of rotatable bonds is 4. The predicted octanol–water partition coefficient (Wildman–Crippen LogP) is 1.75. The van der Waals surface area contributed by atoms with Crippen molar-refractivity contribution < 1.29 is 8.42 Å². The smallest absolute Gasteiger partial charge is 0.263 e. The monoisotopic (exact) mass is 358 g/mol. The van der Waals surface area contributed by atoms with Gasteiger partial charge in [0.1, 0.15) is 4.90 Å². The van der Waals surface area contributed by atoms with Crippen molar-refractivity contribution in [3.63, 3.8) is 0 Å². The second-order valence-corrected chi connectivity index (χ2v) is 6.88. The van der Waals surface area contributed by atoms with Crippen LogP contribution in [0.2, 0.25) is 0 Å². The van der Waals surface area contributed by atoms with Crippen LogP contribution in [0.4, 0.5) is 5.69 Å². The Bertz CT molecular complexity index is 740. The van der Waals surface area contributed by atoms with Crippen LogP contribution in [0.25, 0.3) is 0 Å². The van der Waals surface area contributed by atoms with E-state index in [4.69, 9.17) is 5.73 Å². The Kier molecular flexibility index (Phi) is 4.17. The number of aryl methyl sites for hydroxylation is 2. The number of hydrogen-bond acceptors (Lipinski definition) is 4. The molecule has 1 aromatic carbocycles. The van der Waals surface area contributed by atoms with Gasteiger partial charge in [0.15, 0.2) is 0 Å². The predicted molar refractivity (Wildman–Crippen MR) is 80.8 cm³/mol. The molecule has 0 spiro atoms. The number of anilines is 1. The van der Waals surface area contributed by atoms with Crippen LogP contribution in [0.1, 0.15) is 11.3 Å². The average Bonchev–Trinajstić information content (AvgIpc) is 2.66. The van der Waals surface area contributed by atoms with Crippen molar-refractivity contribution in [3.05, 3.63) is 40.1 Å². The van der Waals surface area contributed by atoms with E-state index >= 15 is 0 Å². The van der Waals surface area contributed by atoms with Gasteiger partial charge in [0.05, 0.1) is 11.4 Å². The van der Waals surface area contributed by atoms with Crippen molar-refractivity contribution in [2.45, 2.75) is 18.4 Å². The van der Waals surface area contributed by atoms with Gasteiger partial charge < -0.3 is 5.73 Å². The number of aromatic nitrogens is 2. The third-order valence-electron chi connectivity index (χ3n) is 2.78. The second-order valence-electron chi connectivity index (χ2n) is 4.38. The first kappa shape index (κ1) is 15.0. The summed E-state index contributed by atoms with van der Waals surface area (Å²) in [6, 6.07) is 4.92. The molecule has 0 aliphatic rings. The van der Waals surface area contributed by atoms with E-state index in [2.05, 4.69) is 25.8 Å². The molecule has 3 N–H and O–H groups in total. The number of hydrogen-bond donors (Lipinski definition) is 2. The summed E-state index contributed by atoms with van der Waals surface area (Å²) in [6.45, 7) is 2.10. The molecule has 0 saturated heterocycles. The molecule has 2 rings (SSSR count). The highest BCUT2D eigenvalue weighted by molar-refractivity contribution is 9.10. The number of benzene rings is 1. The molecule has 108 valence electrons. The van der Waals surface area contributed by atoms with E-state index in [-0.39, 0.29) is 4.90 Å². The lowest BCUT2D eigenvalue weighted by atomic mass is 10.2. The first-order chi connectivity index (χ1) is 9.33. The van der Waals surface area contributed by atoms with Gasteiger partial charge in [0.2, 0.25) is 0 Å². The van der Waals surface area contributed by atoms with Crippen LogP contribution < -0.4 is 10.5 Å². The molecule has 2 aromatic rings.